The molecule has 1 N–H and O–H groups in total. The Morgan fingerprint density at radius 3 is 2.63 bits per heavy atom. The van der Waals surface area contributed by atoms with Gasteiger partial charge in [0.05, 0.1) is 22.2 Å². The summed E-state index contributed by atoms with van der Waals surface area (Å²) in [5.74, 6) is -1.47. The lowest BCUT2D eigenvalue weighted by atomic mass is 10.0. The van der Waals surface area contributed by atoms with Gasteiger partial charge >= 0.3 is 5.97 Å². The van der Waals surface area contributed by atoms with E-state index in [1.165, 1.54) is 27.4 Å². The number of carbonyl (C=O) groups excluding carboxylic acids is 1. The van der Waals surface area contributed by atoms with Gasteiger partial charge in [0.25, 0.3) is 10.0 Å². The zero-order valence-corrected chi connectivity index (χ0v) is 25.4. The molecule has 3 aromatic carbocycles. The molecule has 5 rings (SSSR count). The van der Waals surface area contributed by atoms with E-state index in [-0.39, 0.29) is 40.8 Å². The molecule has 0 aliphatic carbocycles. The Bertz CT molecular complexity index is 1690. The minimum atomic E-state index is -4.04. The van der Waals surface area contributed by atoms with Gasteiger partial charge in [-0.25, -0.2) is 17.6 Å². The van der Waals surface area contributed by atoms with Gasteiger partial charge < -0.3 is 14.7 Å². The van der Waals surface area contributed by atoms with Crippen LogP contribution in [0.3, 0.4) is 0 Å². The number of ether oxygens (including phenoxy) is 1. The number of carboxylic acids is 1. The van der Waals surface area contributed by atoms with E-state index in [1.807, 2.05) is 13.0 Å². The highest BCUT2D eigenvalue weighted by Gasteiger charge is 2.37. The largest absolute Gasteiger partial charge is 0.486 e. The van der Waals surface area contributed by atoms with Crippen molar-refractivity contribution in [1.82, 2.24) is 4.90 Å². The second kappa shape index (κ2) is 12.4. The minimum absolute atomic E-state index is 0.0194. The summed E-state index contributed by atoms with van der Waals surface area (Å²) in [4.78, 5) is 26.0. The topological polar surface area (TPSA) is 104 Å². The monoisotopic (exact) mass is 626 g/mol. The van der Waals surface area contributed by atoms with Gasteiger partial charge in [-0.1, -0.05) is 41.9 Å². The number of carboxylic acid groups (broad SMARTS) is 1. The van der Waals surface area contributed by atoms with Crippen LogP contribution in [-0.4, -0.2) is 55.5 Å². The van der Waals surface area contributed by atoms with E-state index in [0.717, 1.165) is 5.56 Å². The number of nitrogens with zero attached hydrogens (tertiary/aromatic N) is 2. The van der Waals surface area contributed by atoms with Gasteiger partial charge in [0.15, 0.2) is 0 Å². The number of halogens is 2. The van der Waals surface area contributed by atoms with Crippen LogP contribution in [0.25, 0.3) is 11.6 Å². The number of sulfonamides is 1. The molecule has 0 bridgehead atoms. The van der Waals surface area contributed by atoms with Crippen LogP contribution in [-0.2, 0) is 19.6 Å². The number of allylic oxidation sites excluding steroid dienone is 1. The van der Waals surface area contributed by atoms with E-state index in [1.54, 1.807) is 49.4 Å². The van der Waals surface area contributed by atoms with Gasteiger partial charge in [-0.15, -0.1) is 0 Å². The maximum absolute atomic E-state index is 14.6. The fraction of sp³-hybridized carbons (Fsp3) is 0.312. The summed E-state index contributed by atoms with van der Waals surface area (Å²) < 4.78 is 50.0. The van der Waals surface area contributed by atoms with Gasteiger partial charge in [-0.2, -0.15) is 0 Å². The van der Waals surface area contributed by atoms with E-state index in [2.05, 4.69) is 0 Å². The molecule has 0 aromatic heterocycles. The molecule has 1 fully saturated rings. The molecule has 1 amide bonds. The van der Waals surface area contributed by atoms with Crippen LogP contribution in [0.5, 0.6) is 5.75 Å². The standard InChI is InChI=1S/C32H32ClFN2O6S/c1-20-6-3-7-24(16-20)43(40,41)36-19-23(12-14-30(37)35-15-5-10-27(35)32(38)39)42-29-13-11-22(18-28(29)36)17-21(2)31-25(33)8-4-9-26(31)34/h3-4,6-9,11,13,16-18,23,27H,5,10,12,14-15,19H2,1-2H3,(H,38,39)/b21-17+/t23-,27+/m0/s1. The summed E-state index contributed by atoms with van der Waals surface area (Å²) >= 11 is 6.26. The predicted octanol–water partition coefficient (Wildman–Crippen LogP) is 6.16. The molecule has 2 atom stereocenters. The zero-order valence-electron chi connectivity index (χ0n) is 23.8. The Morgan fingerprint density at radius 2 is 1.91 bits per heavy atom. The molecule has 0 radical (unpaired) electrons. The number of rotatable bonds is 8. The first kappa shape index (κ1) is 30.6. The number of benzene rings is 3. The molecule has 11 heteroatoms. The molecule has 1 saturated heterocycles. The van der Waals surface area contributed by atoms with E-state index < -0.39 is 34.0 Å². The summed E-state index contributed by atoms with van der Waals surface area (Å²) in [7, 11) is -4.04. The molecule has 226 valence electrons. The average Bonchev–Trinajstić information content (AvgIpc) is 3.46. The van der Waals surface area contributed by atoms with Crippen molar-refractivity contribution >= 4 is 50.8 Å². The zero-order chi connectivity index (χ0) is 30.9. The van der Waals surface area contributed by atoms with E-state index in [0.29, 0.717) is 42.0 Å². The van der Waals surface area contributed by atoms with Crippen LogP contribution >= 0.6 is 11.6 Å². The summed E-state index contributed by atoms with van der Waals surface area (Å²) in [5, 5.41) is 9.72. The molecule has 8 nitrogen and oxygen atoms in total. The van der Waals surface area contributed by atoms with Crippen LogP contribution in [0.1, 0.15) is 49.3 Å². The number of aliphatic carboxylic acids is 1. The van der Waals surface area contributed by atoms with Crippen LogP contribution in [0.4, 0.5) is 10.1 Å². The lowest BCUT2D eigenvalue weighted by Gasteiger charge is -2.36. The van der Waals surface area contributed by atoms with Crippen molar-refractivity contribution in [3.05, 3.63) is 88.2 Å². The Morgan fingerprint density at radius 1 is 1.14 bits per heavy atom. The molecule has 0 unspecified atom stereocenters. The van der Waals surface area contributed by atoms with E-state index >= 15 is 0 Å². The smallest absolute Gasteiger partial charge is 0.326 e. The third-order valence-electron chi connectivity index (χ3n) is 7.77. The lowest BCUT2D eigenvalue weighted by molar-refractivity contribution is -0.148. The Hall–Kier alpha value is -3.89. The van der Waals surface area contributed by atoms with E-state index in [9.17, 15) is 27.5 Å². The molecular weight excluding hydrogens is 595 g/mol. The van der Waals surface area contributed by atoms with Crippen molar-refractivity contribution in [3.8, 4) is 5.75 Å². The number of fused-ring (bicyclic) bond motifs is 1. The Balaban J connectivity index is 1.47. The number of aryl methyl sites for hydroxylation is 1. The van der Waals surface area contributed by atoms with Gasteiger partial charge in [0.1, 0.15) is 23.7 Å². The number of carbonyl (C=O) groups is 2. The van der Waals surface area contributed by atoms with E-state index in [4.69, 9.17) is 16.3 Å². The maximum Gasteiger partial charge on any atom is 0.326 e. The molecule has 3 aromatic rings. The average molecular weight is 627 g/mol. The van der Waals surface area contributed by atoms with Crippen molar-refractivity contribution in [3.63, 3.8) is 0 Å². The van der Waals surface area contributed by atoms with Crippen molar-refractivity contribution in [2.75, 3.05) is 17.4 Å². The fourth-order valence-electron chi connectivity index (χ4n) is 5.65. The summed E-state index contributed by atoms with van der Waals surface area (Å²) in [6.07, 6.45) is 2.33. The number of amides is 1. The number of likely N-dealkylation sites (tertiary alicyclic amines) is 1. The van der Waals surface area contributed by atoms with Crippen LogP contribution in [0.15, 0.2) is 65.6 Å². The van der Waals surface area contributed by atoms with Crippen molar-refractivity contribution in [2.24, 2.45) is 0 Å². The lowest BCUT2D eigenvalue weighted by Crippen LogP contribution is -2.45. The summed E-state index contributed by atoms with van der Waals surface area (Å²) in [6, 6.07) is 15.3. The van der Waals surface area contributed by atoms with Crippen molar-refractivity contribution in [1.29, 1.82) is 0 Å². The third kappa shape index (κ3) is 6.40. The number of hydrogen-bond acceptors (Lipinski definition) is 5. The molecule has 0 spiro atoms. The van der Waals surface area contributed by atoms with Crippen LogP contribution in [0.2, 0.25) is 5.02 Å². The first-order valence-electron chi connectivity index (χ1n) is 14.0. The van der Waals surface area contributed by atoms with Crippen molar-refractivity contribution in [2.45, 2.75) is 56.6 Å². The van der Waals surface area contributed by atoms with Crippen LogP contribution in [0, 0.1) is 12.7 Å². The second-order valence-electron chi connectivity index (χ2n) is 10.9. The molecule has 43 heavy (non-hydrogen) atoms. The van der Waals surface area contributed by atoms with Crippen LogP contribution < -0.4 is 9.04 Å². The quantitative estimate of drug-likeness (QED) is 0.300. The minimum Gasteiger partial charge on any atom is -0.486 e. The Kier molecular flexibility index (Phi) is 8.80. The van der Waals surface area contributed by atoms with Gasteiger partial charge in [0.2, 0.25) is 5.91 Å². The molecule has 0 saturated carbocycles. The maximum atomic E-state index is 14.6. The highest BCUT2D eigenvalue weighted by Crippen LogP contribution is 2.40. The van der Waals surface area contributed by atoms with Gasteiger partial charge in [-0.05, 0) is 86.2 Å². The highest BCUT2D eigenvalue weighted by atomic mass is 35.5. The summed E-state index contributed by atoms with van der Waals surface area (Å²) in [6.45, 7) is 3.86. The molecular formula is C32H32ClFN2O6S. The fourth-order valence-corrected chi connectivity index (χ4v) is 7.56. The SMILES string of the molecule is C/C(=C\c1ccc2c(c1)N(S(=O)(=O)c1cccc(C)c1)C[C@H](CCC(=O)N1CCC[C@@H]1C(=O)O)O2)c1c(F)cccc1Cl. The van der Waals surface area contributed by atoms with Gasteiger partial charge in [0, 0.05) is 18.5 Å². The van der Waals surface area contributed by atoms with Crippen molar-refractivity contribution < 1.29 is 32.2 Å². The number of anilines is 1. The predicted molar refractivity (Wildman–Crippen MR) is 163 cm³/mol. The molecule has 2 heterocycles. The third-order valence-corrected chi connectivity index (χ3v) is 9.86. The second-order valence-corrected chi connectivity index (χ2v) is 13.1. The first-order chi connectivity index (χ1) is 20.5. The highest BCUT2D eigenvalue weighted by molar-refractivity contribution is 7.92. The molecule has 2 aliphatic heterocycles. The van der Waals surface area contributed by atoms with Gasteiger partial charge in [-0.3, -0.25) is 9.10 Å². The summed E-state index contributed by atoms with van der Waals surface area (Å²) in [5.41, 5.74) is 2.53. The number of hydrogen-bond donors (Lipinski definition) is 1. The Labute approximate surface area is 255 Å². The normalized spacial score (nSPS) is 18.7. The first-order valence-corrected chi connectivity index (χ1v) is 15.8. The molecule has 2 aliphatic rings.